The van der Waals surface area contributed by atoms with E-state index in [4.69, 9.17) is 26.4 Å². The van der Waals surface area contributed by atoms with Gasteiger partial charge in [0.2, 0.25) is 65.0 Å². The lowest BCUT2D eigenvalue weighted by molar-refractivity contribution is -0.159. The molecular weight excluding hydrogens is 1270 g/mol. The molecule has 2 aliphatic heterocycles. The second kappa shape index (κ2) is 38.8. The number of guanidine groups is 1. The van der Waals surface area contributed by atoms with Gasteiger partial charge in [0.25, 0.3) is 0 Å². The van der Waals surface area contributed by atoms with E-state index in [1.54, 1.807) is 62.3 Å². The number of primary amides is 1. The summed E-state index contributed by atoms with van der Waals surface area (Å²) in [6, 6.07) is -11.2. The van der Waals surface area contributed by atoms with Crippen LogP contribution >= 0.6 is 0 Å². The summed E-state index contributed by atoms with van der Waals surface area (Å²) < 4.78 is 11.6. The van der Waals surface area contributed by atoms with Gasteiger partial charge < -0.3 is 99.9 Å². The van der Waals surface area contributed by atoms with E-state index >= 15 is 14.4 Å². The van der Waals surface area contributed by atoms with E-state index in [2.05, 4.69) is 47.9 Å². The summed E-state index contributed by atoms with van der Waals surface area (Å²) in [6.45, 7) is 16.7. The molecule has 0 aliphatic carbocycles. The van der Waals surface area contributed by atoms with Crippen molar-refractivity contribution >= 4 is 83.0 Å². The number of aliphatic hydroxyl groups excluding tert-OH is 4. The van der Waals surface area contributed by atoms with Crippen molar-refractivity contribution in [3.8, 4) is 0 Å². The largest absolute Gasteiger partial charge is 0.453 e. The number of nitrogens with zero attached hydrogens (tertiary/aromatic N) is 1. The zero-order valence-electron chi connectivity index (χ0n) is 57.3. The molecule has 20 N–H and O–H groups in total. The van der Waals surface area contributed by atoms with E-state index in [1.807, 2.05) is 10.6 Å². The number of piperidine rings is 1. The minimum atomic E-state index is -2.59. The standard InChI is InChI=1S/C63H103N15O19/c1-13-33(8)42-56(90)75-43(34(9)80)55(89)68-28-41(81)73-45(48(83)50(64)84)58(92)72-39(29-79)60(94)96-49(35-20-15-14-16-21-35)46(77-53(87)38(27-31(4)5)70-54(88)40-23-17-18-25-78(40)62(95)97-63(10,11)12)59(93)76-44(47(82)32(6)7)57(91)71-37(26-30(2)3)52(86)69-36(51(85)74-42)22-19-24-67-61(65)66/h14-16,20-21,30-34,36-40,42-49,79-80,82-83H,13,17-19,22-29H2,1-12H3,(H2,64,84)(H,68,89)(H,69,86)(H,70,88)(H,71,91)(H,72,92)(H,73,81)(H,74,85)(H,75,90)(H,76,93)(H,77,87)(H4,65,66,67)/t33-,34-,36+,37-,38-,39-,40-,42?,43?,44-,45-,46-,47+,48-,49+/m0/s1. The molecule has 0 spiro atoms. The fourth-order valence-electron chi connectivity index (χ4n) is 10.4. The van der Waals surface area contributed by atoms with Crippen molar-refractivity contribution in [2.24, 2.45) is 35.1 Å². The highest BCUT2D eigenvalue weighted by molar-refractivity contribution is 6.00. The molecule has 34 heteroatoms. The minimum Gasteiger partial charge on any atom is -0.453 e. The van der Waals surface area contributed by atoms with Crippen LogP contribution in [0.5, 0.6) is 0 Å². The number of carbonyl (C=O) groups is 13. The average molecular weight is 1370 g/mol. The number of cyclic esters (lactones) is 1. The summed E-state index contributed by atoms with van der Waals surface area (Å²) >= 11 is 0. The molecular formula is C63H103N15O19. The Labute approximate surface area is 564 Å². The van der Waals surface area contributed by atoms with Crippen LogP contribution in [-0.4, -0.2) is 219 Å². The van der Waals surface area contributed by atoms with Gasteiger partial charge in [-0.15, -0.1) is 0 Å². The molecule has 1 aromatic rings. The van der Waals surface area contributed by atoms with Gasteiger partial charge in [0, 0.05) is 13.1 Å². The Hall–Kier alpha value is -8.76. The summed E-state index contributed by atoms with van der Waals surface area (Å²) in [5.41, 5.74) is 9.82. The minimum absolute atomic E-state index is 0.00351. The summed E-state index contributed by atoms with van der Waals surface area (Å²) in [4.78, 5) is 187. The summed E-state index contributed by atoms with van der Waals surface area (Å²) in [7, 11) is 0. The first-order valence-electron chi connectivity index (χ1n) is 32.6. The molecule has 12 amide bonds. The lowest BCUT2D eigenvalue weighted by Gasteiger charge is -2.37. The first kappa shape index (κ1) is 82.5. The summed E-state index contributed by atoms with van der Waals surface area (Å²) in [6.07, 6.45) is -8.07. The number of aliphatic hydroxyl groups is 4. The second-order valence-electron chi connectivity index (χ2n) is 26.5. The van der Waals surface area contributed by atoms with Crippen LogP contribution in [0.15, 0.2) is 30.3 Å². The average Bonchev–Trinajstić information content (AvgIpc) is 0.822. The molecule has 97 heavy (non-hydrogen) atoms. The van der Waals surface area contributed by atoms with Gasteiger partial charge >= 0.3 is 12.1 Å². The molecule has 2 fully saturated rings. The van der Waals surface area contributed by atoms with Gasteiger partial charge in [-0.05, 0) is 102 Å². The molecule has 544 valence electrons. The second-order valence-corrected chi connectivity index (χ2v) is 26.5. The number of hydrogen-bond acceptors (Lipinski definition) is 20. The van der Waals surface area contributed by atoms with Crippen molar-refractivity contribution in [2.75, 3.05) is 26.2 Å². The number of amides is 12. The predicted octanol–water partition coefficient (Wildman–Crippen LogP) is -3.81. The van der Waals surface area contributed by atoms with Gasteiger partial charge in [-0.3, -0.25) is 63.0 Å². The van der Waals surface area contributed by atoms with Crippen molar-refractivity contribution < 1.29 is 92.2 Å². The zero-order chi connectivity index (χ0) is 73.3. The Kier molecular flexibility index (Phi) is 33.0. The third kappa shape index (κ3) is 26.3. The van der Waals surface area contributed by atoms with Crippen molar-refractivity contribution in [1.82, 2.24) is 63.4 Å². The quantitative estimate of drug-likeness (QED) is 0.0243. The Balaban J connectivity index is 2.42. The predicted molar refractivity (Wildman–Crippen MR) is 349 cm³/mol. The van der Waals surface area contributed by atoms with Gasteiger partial charge in [0.1, 0.15) is 60.0 Å². The lowest BCUT2D eigenvalue weighted by atomic mass is 9.95. The van der Waals surface area contributed by atoms with Crippen LogP contribution in [-0.2, 0) is 67.0 Å². The number of hydrogen-bond donors (Lipinski definition) is 18. The highest BCUT2D eigenvalue weighted by atomic mass is 16.6. The number of likely N-dealkylation sites (tertiary alicyclic amines) is 1. The fourth-order valence-corrected chi connectivity index (χ4v) is 10.4. The number of rotatable bonds is 21. The van der Waals surface area contributed by atoms with Crippen LogP contribution < -0.4 is 70.0 Å². The van der Waals surface area contributed by atoms with Crippen LogP contribution in [0.4, 0.5) is 4.79 Å². The van der Waals surface area contributed by atoms with Gasteiger partial charge in [-0.25, -0.2) is 9.59 Å². The van der Waals surface area contributed by atoms with Crippen molar-refractivity contribution in [3.63, 3.8) is 0 Å². The number of benzene rings is 1. The van der Waals surface area contributed by atoms with Crippen molar-refractivity contribution in [2.45, 2.75) is 225 Å². The molecule has 0 radical (unpaired) electrons. The SMILES string of the molecule is CC[C@H](C)C1NC(=O)[C@@H](CCCNC(=N)N)NC(=O)[C@H](CC(C)C)NC(=O)[C@H]([C@H](O)C(C)C)NC(=O)[C@@H](NC(=O)[C@H](CC(C)C)NC(=O)[C@@H]2CCCCN2C(=O)OC(C)(C)C)[C@@H](c2ccccc2)OC(=O)[C@H](CO)NC(=O)[C@H]([C@H](O)C(N)=O)NC(=O)CNC(=O)C([C@H](C)O)NC1=O. The molecule has 0 saturated carbocycles. The van der Waals surface area contributed by atoms with E-state index in [0.29, 0.717) is 12.8 Å². The van der Waals surface area contributed by atoms with Crippen LogP contribution in [0, 0.1) is 29.1 Å². The van der Waals surface area contributed by atoms with E-state index in [1.165, 1.54) is 49.1 Å². The Bertz CT molecular complexity index is 2910. The van der Waals surface area contributed by atoms with Crippen LogP contribution in [0.2, 0.25) is 0 Å². The van der Waals surface area contributed by atoms with E-state index < -0.39 is 204 Å². The van der Waals surface area contributed by atoms with E-state index in [-0.39, 0.29) is 63.1 Å². The third-order valence-corrected chi connectivity index (χ3v) is 15.9. The normalized spacial score (nSPS) is 25.2. The molecule has 2 saturated heterocycles. The molecule has 15 atom stereocenters. The maximum atomic E-state index is 15.6. The molecule has 2 aliphatic rings. The van der Waals surface area contributed by atoms with Crippen molar-refractivity contribution in [1.29, 1.82) is 5.41 Å². The molecule has 2 heterocycles. The Morgan fingerprint density at radius 3 is 1.86 bits per heavy atom. The van der Waals surface area contributed by atoms with Gasteiger partial charge in [-0.2, -0.15) is 0 Å². The number of carbonyl (C=O) groups excluding carboxylic acids is 13. The molecule has 0 bridgehead atoms. The van der Waals surface area contributed by atoms with Crippen LogP contribution in [0.25, 0.3) is 0 Å². The first-order valence-corrected chi connectivity index (χ1v) is 32.6. The van der Waals surface area contributed by atoms with E-state index in [0.717, 1.165) is 6.92 Å². The van der Waals surface area contributed by atoms with Gasteiger partial charge in [-0.1, -0.05) is 92.1 Å². The third-order valence-electron chi connectivity index (χ3n) is 15.9. The Morgan fingerprint density at radius 2 is 1.30 bits per heavy atom. The molecule has 3 rings (SSSR count). The van der Waals surface area contributed by atoms with Gasteiger partial charge in [0.15, 0.2) is 24.2 Å². The fraction of sp³-hybridized carbons (Fsp3) is 0.683. The molecule has 1 aromatic carbocycles. The molecule has 0 aromatic heterocycles. The first-order chi connectivity index (χ1) is 45.3. The number of ether oxygens (including phenoxy) is 2. The smallest absolute Gasteiger partial charge is 0.410 e. The molecule has 2 unspecified atom stereocenters. The zero-order valence-corrected chi connectivity index (χ0v) is 57.3. The highest BCUT2D eigenvalue weighted by Crippen LogP contribution is 2.26. The number of nitrogens with two attached hydrogens (primary N) is 2. The van der Waals surface area contributed by atoms with E-state index in [9.17, 15) is 68.4 Å². The molecule has 34 nitrogen and oxygen atoms in total. The maximum Gasteiger partial charge on any atom is 0.410 e. The number of nitrogens with one attached hydrogen (secondary N) is 12. The summed E-state index contributed by atoms with van der Waals surface area (Å²) in [5, 5.41) is 78.7. The Morgan fingerprint density at radius 1 is 0.722 bits per heavy atom. The van der Waals surface area contributed by atoms with Crippen LogP contribution in [0.3, 0.4) is 0 Å². The lowest BCUT2D eigenvalue weighted by Crippen LogP contribution is -2.64. The van der Waals surface area contributed by atoms with Crippen molar-refractivity contribution in [3.05, 3.63) is 35.9 Å². The maximum absolute atomic E-state index is 15.6. The van der Waals surface area contributed by atoms with Crippen LogP contribution in [0.1, 0.15) is 146 Å². The summed E-state index contributed by atoms with van der Waals surface area (Å²) in [5.74, 6) is -17.7. The monoisotopic (exact) mass is 1370 g/mol. The van der Waals surface area contributed by atoms with Gasteiger partial charge in [0.05, 0.1) is 25.4 Å². The topological polar surface area (TPSA) is 533 Å². The highest BCUT2D eigenvalue weighted by Gasteiger charge is 2.45. The number of esters is 1.